The van der Waals surface area contributed by atoms with Gasteiger partial charge in [0.05, 0.1) is 0 Å². The highest BCUT2D eigenvalue weighted by atomic mass is 16.1. The largest absolute Gasteiger partial charge is 0.324 e. The summed E-state index contributed by atoms with van der Waals surface area (Å²) in [5.74, 6) is 0.137. The molecule has 132 valence electrons. The van der Waals surface area contributed by atoms with Crippen molar-refractivity contribution in [3.63, 3.8) is 0 Å². The molecule has 0 aliphatic heterocycles. The second kappa shape index (κ2) is 7.35. The van der Waals surface area contributed by atoms with Crippen LogP contribution in [0.4, 0.5) is 17.3 Å². The van der Waals surface area contributed by atoms with Gasteiger partial charge < -0.3 is 10.6 Å². The Morgan fingerprint density at radius 1 is 0.846 bits per heavy atom. The third-order valence-corrected chi connectivity index (χ3v) is 4.17. The molecule has 0 aliphatic rings. The fourth-order valence-corrected chi connectivity index (χ4v) is 2.59. The Morgan fingerprint density at radius 3 is 2.15 bits per heavy atom. The molecule has 0 aliphatic carbocycles. The van der Waals surface area contributed by atoms with Crippen molar-refractivity contribution in [3.8, 4) is 0 Å². The van der Waals surface area contributed by atoms with Crippen LogP contribution in [0.1, 0.15) is 32.7 Å². The first-order valence-electron chi connectivity index (χ1n) is 8.48. The number of hydrogen-bond acceptors (Lipinski definition) is 4. The van der Waals surface area contributed by atoms with E-state index < -0.39 is 0 Å². The molecule has 5 heteroatoms. The summed E-state index contributed by atoms with van der Waals surface area (Å²) in [5, 5.41) is 6.11. The van der Waals surface area contributed by atoms with Crippen molar-refractivity contribution in [2.24, 2.45) is 0 Å². The Hall–Kier alpha value is -3.21. The number of amides is 1. The van der Waals surface area contributed by atoms with Crippen LogP contribution in [0.25, 0.3) is 0 Å². The van der Waals surface area contributed by atoms with Gasteiger partial charge >= 0.3 is 0 Å². The molecular weight excluding hydrogens is 324 g/mol. The summed E-state index contributed by atoms with van der Waals surface area (Å²) in [6.07, 6.45) is 1.58. The lowest BCUT2D eigenvalue weighted by Gasteiger charge is -2.11. The van der Waals surface area contributed by atoms with E-state index in [2.05, 4.69) is 26.7 Å². The molecule has 5 nitrogen and oxygen atoms in total. The van der Waals surface area contributed by atoms with Crippen molar-refractivity contribution in [3.05, 3.63) is 76.6 Å². The van der Waals surface area contributed by atoms with Gasteiger partial charge in [-0.25, -0.2) is 9.97 Å². The average Bonchev–Trinajstić information content (AvgIpc) is 2.61. The summed E-state index contributed by atoms with van der Waals surface area (Å²) in [6, 6.07) is 13.7. The number of anilines is 3. The minimum Gasteiger partial charge on any atom is -0.324 e. The van der Waals surface area contributed by atoms with Crippen LogP contribution in [0.2, 0.25) is 0 Å². The van der Waals surface area contributed by atoms with Crippen LogP contribution in [0.15, 0.2) is 48.7 Å². The topological polar surface area (TPSA) is 66.9 Å². The Labute approximate surface area is 153 Å². The monoisotopic (exact) mass is 346 g/mol. The van der Waals surface area contributed by atoms with Crippen LogP contribution in [0, 0.1) is 27.7 Å². The van der Waals surface area contributed by atoms with Gasteiger partial charge in [-0.2, -0.15) is 0 Å². The number of rotatable bonds is 4. The van der Waals surface area contributed by atoms with Crippen LogP contribution < -0.4 is 10.6 Å². The summed E-state index contributed by atoms with van der Waals surface area (Å²) in [5.41, 5.74) is 6.35. The van der Waals surface area contributed by atoms with E-state index in [0.717, 1.165) is 33.6 Å². The second-order valence-electron chi connectivity index (χ2n) is 6.48. The maximum atomic E-state index is 12.6. The highest BCUT2D eigenvalue weighted by Gasteiger charge is 2.11. The zero-order chi connectivity index (χ0) is 18.7. The molecule has 2 aromatic carbocycles. The van der Waals surface area contributed by atoms with Gasteiger partial charge in [0.1, 0.15) is 5.69 Å². The van der Waals surface area contributed by atoms with Crippen LogP contribution in [0.3, 0.4) is 0 Å². The number of carbonyl (C=O) groups excluding carboxylic acids is 1. The predicted octanol–water partition coefficient (Wildman–Crippen LogP) is 4.71. The third kappa shape index (κ3) is 4.06. The first-order chi connectivity index (χ1) is 12.4. The number of aromatic nitrogens is 2. The maximum absolute atomic E-state index is 12.6. The first-order valence-corrected chi connectivity index (χ1v) is 8.48. The van der Waals surface area contributed by atoms with E-state index in [1.54, 1.807) is 12.3 Å². The van der Waals surface area contributed by atoms with Crippen molar-refractivity contribution in [2.75, 3.05) is 10.6 Å². The molecule has 1 heterocycles. The van der Waals surface area contributed by atoms with Gasteiger partial charge in [0.2, 0.25) is 5.95 Å². The lowest BCUT2D eigenvalue weighted by atomic mass is 10.1. The van der Waals surface area contributed by atoms with E-state index in [1.807, 2.05) is 58.0 Å². The molecule has 0 fully saturated rings. The van der Waals surface area contributed by atoms with Gasteiger partial charge in [-0.1, -0.05) is 24.3 Å². The fraction of sp³-hybridized carbons (Fsp3) is 0.190. The minimum absolute atomic E-state index is 0.259. The molecule has 0 atom stereocenters. The lowest BCUT2D eigenvalue weighted by molar-refractivity contribution is 0.102. The smallest absolute Gasteiger partial charge is 0.274 e. The molecule has 0 saturated heterocycles. The van der Waals surface area contributed by atoms with Crippen molar-refractivity contribution < 1.29 is 4.79 Å². The zero-order valence-electron chi connectivity index (χ0n) is 15.4. The van der Waals surface area contributed by atoms with E-state index in [-0.39, 0.29) is 5.91 Å². The number of benzene rings is 2. The zero-order valence-corrected chi connectivity index (χ0v) is 15.4. The normalized spacial score (nSPS) is 10.5. The Morgan fingerprint density at radius 2 is 1.46 bits per heavy atom. The predicted molar refractivity (Wildman–Crippen MR) is 105 cm³/mol. The van der Waals surface area contributed by atoms with E-state index in [1.165, 1.54) is 0 Å². The number of hydrogen-bond donors (Lipinski definition) is 2. The van der Waals surface area contributed by atoms with E-state index in [4.69, 9.17) is 0 Å². The fourth-order valence-electron chi connectivity index (χ4n) is 2.59. The highest BCUT2D eigenvalue weighted by molar-refractivity contribution is 6.03. The summed E-state index contributed by atoms with van der Waals surface area (Å²) >= 11 is 0. The Balaban J connectivity index is 1.81. The molecular formula is C21H22N4O. The summed E-state index contributed by atoms with van der Waals surface area (Å²) in [7, 11) is 0. The van der Waals surface area contributed by atoms with Crippen molar-refractivity contribution >= 4 is 23.2 Å². The molecule has 26 heavy (non-hydrogen) atoms. The van der Waals surface area contributed by atoms with Gasteiger partial charge in [-0.3, -0.25) is 4.79 Å². The molecule has 0 spiro atoms. The average molecular weight is 346 g/mol. The number of aryl methyl sites for hydroxylation is 4. The second-order valence-corrected chi connectivity index (χ2v) is 6.48. The van der Waals surface area contributed by atoms with Crippen LogP contribution in [-0.2, 0) is 0 Å². The molecule has 0 saturated carbocycles. The van der Waals surface area contributed by atoms with Crippen molar-refractivity contribution in [1.29, 1.82) is 0 Å². The summed E-state index contributed by atoms with van der Waals surface area (Å²) < 4.78 is 0. The molecule has 0 unspecified atom stereocenters. The third-order valence-electron chi connectivity index (χ3n) is 4.17. The molecule has 2 N–H and O–H groups in total. The first kappa shape index (κ1) is 17.6. The van der Waals surface area contributed by atoms with Crippen LogP contribution >= 0.6 is 0 Å². The number of nitrogens with one attached hydrogen (secondary N) is 2. The lowest BCUT2D eigenvalue weighted by Crippen LogP contribution is -2.15. The van der Waals surface area contributed by atoms with Gasteiger partial charge in [-0.15, -0.1) is 0 Å². The summed E-state index contributed by atoms with van der Waals surface area (Å²) in [4.78, 5) is 21.2. The molecule has 3 rings (SSSR count). The van der Waals surface area contributed by atoms with Gasteiger partial charge in [0.25, 0.3) is 5.91 Å². The standard InChI is InChI=1S/C21H22N4O/c1-13-5-7-15(3)18(11-13)23-20(26)17-9-10-22-21(24-17)25-19-12-14(2)6-8-16(19)4/h5-12H,1-4H3,(H,23,26)(H,22,24,25). The Bertz CT molecular complexity index is 966. The SMILES string of the molecule is Cc1ccc(C)c(NC(=O)c2ccnc(Nc3cc(C)ccc3C)n2)c1. The van der Waals surface area contributed by atoms with E-state index >= 15 is 0 Å². The Kier molecular flexibility index (Phi) is 4.98. The molecule has 1 aromatic heterocycles. The molecule has 1 amide bonds. The number of carbonyl (C=O) groups is 1. The number of nitrogens with zero attached hydrogens (tertiary/aromatic N) is 2. The van der Waals surface area contributed by atoms with Gasteiger partial charge in [-0.05, 0) is 68.1 Å². The van der Waals surface area contributed by atoms with Gasteiger partial charge in [0.15, 0.2) is 0 Å². The van der Waals surface area contributed by atoms with Gasteiger partial charge in [0, 0.05) is 17.6 Å². The minimum atomic E-state index is -0.259. The van der Waals surface area contributed by atoms with Crippen molar-refractivity contribution in [2.45, 2.75) is 27.7 Å². The molecule has 0 radical (unpaired) electrons. The van der Waals surface area contributed by atoms with E-state index in [9.17, 15) is 4.79 Å². The van der Waals surface area contributed by atoms with Crippen molar-refractivity contribution in [1.82, 2.24) is 9.97 Å². The quantitative estimate of drug-likeness (QED) is 0.718. The highest BCUT2D eigenvalue weighted by Crippen LogP contribution is 2.20. The van der Waals surface area contributed by atoms with Crippen LogP contribution in [-0.4, -0.2) is 15.9 Å². The van der Waals surface area contributed by atoms with E-state index in [0.29, 0.717) is 11.6 Å². The molecule has 0 bridgehead atoms. The summed E-state index contributed by atoms with van der Waals surface area (Å²) in [6.45, 7) is 7.99. The molecule has 3 aromatic rings. The van der Waals surface area contributed by atoms with Crippen LogP contribution in [0.5, 0.6) is 0 Å². The maximum Gasteiger partial charge on any atom is 0.274 e.